The molecule has 1 aliphatic rings. The van der Waals surface area contributed by atoms with Crippen LogP contribution in [0.2, 0.25) is 0 Å². The number of nitrogens with zero attached hydrogens (tertiary/aromatic N) is 2. The molecule has 0 spiro atoms. The maximum Gasteiger partial charge on any atom is 0.220 e. The molecule has 2 rings (SSSR count). The molecular formula is C16H24N2O. The van der Waals surface area contributed by atoms with Gasteiger partial charge in [-0.1, -0.05) is 19.1 Å². The molecule has 1 amide bonds. The second-order valence-corrected chi connectivity index (χ2v) is 5.55. The van der Waals surface area contributed by atoms with Crippen LogP contribution in [0.5, 0.6) is 0 Å². The molecule has 3 nitrogen and oxygen atoms in total. The largest absolute Gasteiger partial charge is 0.367 e. The van der Waals surface area contributed by atoms with Crippen LogP contribution >= 0.6 is 0 Å². The van der Waals surface area contributed by atoms with Gasteiger partial charge in [-0.15, -0.1) is 0 Å². The lowest BCUT2D eigenvalue weighted by molar-refractivity contribution is -0.133. The lowest BCUT2D eigenvalue weighted by atomic mass is 10.1. The zero-order chi connectivity index (χ0) is 14.0. The number of hydrogen-bond donors (Lipinski definition) is 0. The summed E-state index contributed by atoms with van der Waals surface area (Å²) in [5.41, 5.74) is 2.63. The van der Waals surface area contributed by atoms with Crippen LogP contribution in [-0.2, 0) is 11.2 Å². The monoisotopic (exact) mass is 260 g/mol. The normalized spacial score (nSPS) is 23.6. The standard InChI is InChI=1S/C16H24N2O/c1-5-15-6-8-16(9-7-15)17-10-12(2)18(14(4)19)13(3)11-17/h6-9,12-13H,5,10-11H2,1-4H3/t12-,13+. The number of amides is 1. The summed E-state index contributed by atoms with van der Waals surface area (Å²) in [4.78, 5) is 16.0. The second kappa shape index (κ2) is 5.64. The van der Waals surface area contributed by atoms with Gasteiger partial charge in [-0.3, -0.25) is 4.79 Å². The highest BCUT2D eigenvalue weighted by Crippen LogP contribution is 2.23. The van der Waals surface area contributed by atoms with Crippen LogP contribution in [-0.4, -0.2) is 36.0 Å². The summed E-state index contributed by atoms with van der Waals surface area (Å²) in [6.07, 6.45) is 1.07. The van der Waals surface area contributed by atoms with E-state index in [-0.39, 0.29) is 18.0 Å². The predicted octanol–water partition coefficient (Wildman–Crippen LogP) is 2.69. The molecule has 19 heavy (non-hydrogen) atoms. The van der Waals surface area contributed by atoms with Crippen molar-refractivity contribution in [1.29, 1.82) is 0 Å². The minimum atomic E-state index is 0.181. The van der Waals surface area contributed by atoms with E-state index in [1.807, 2.05) is 4.90 Å². The summed E-state index contributed by atoms with van der Waals surface area (Å²) < 4.78 is 0. The molecule has 0 saturated carbocycles. The predicted molar refractivity (Wildman–Crippen MR) is 79.5 cm³/mol. The molecule has 104 valence electrons. The Hall–Kier alpha value is -1.51. The van der Waals surface area contributed by atoms with Crippen molar-refractivity contribution >= 4 is 11.6 Å². The molecule has 0 unspecified atom stereocenters. The van der Waals surface area contributed by atoms with Crippen LogP contribution in [0.1, 0.15) is 33.3 Å². The van der Waals surface area contributed by atoms with E-state index in [4.69, 9.17) is 0 Å². The van der Waals surface area contributed by atoms with Crippen molar-refractivity contribution in [2.75, 3.05) is 18.0 Å². The topological polar surface area (TPSA) is 23.6 Å². The molecule has 1 aliphatic heterocycles. The molecule has 1 aromatic rings. The number of benzene rings is 1. The number of piperazine rings is 1. The third-order valence-electron chi connectivity index (χ3n) is 3.99. The van der Waals surface area contributed by atoms with Crippen molar-refractivity contribution in [2.24, 2.45) is 0 Å². The van der Waals surface area contributed by atoms with Crippen LogP contribution < -0.4 is 4.90 Å². The Morgan fingerprint density at radius 2 is 1.68 bits per heavy atom. The van der Waals surface area contributed by atoms with E-state index >= 15 is 0 Å². The highest BCUT2D eigenvalue weighted by molar-refractivity contribution is 5.74. The van der Waals surface area contributed by atoms with Crippen LogP contribution in [0, 0.1) is 0 Å². The van der Waals surface area contributed by atoms with Crippen LogP contribution in [0.4, 0.5) is 5.69 Å². The van der Waals surface area contributed by atoms with E-state index < -0.39 is 0 Å². The molecular weight excluding hydrogens is 236 g/mol. The van der Waals surface area contributed by atoms with Crippen molar-refractivity contribution in [3.8, 4) is 0 Å². The fraction of sp³-hybridized carbons (Fsp3) is 0.562. The molecule has 1 saturated heterocycles. The Balaban J connectivity index is 2.12. The van der Waals surface area contributed by atoms with Gasteiger partial charge in [0.1, 0.15) is 0 Å². The first-order valence-corrected chi connectivity index (χ1v) is 7.15. The summed E-state index contributed by atoms with van der Waals surface area (Å²) in [6.45, 7) is 9.92. The van der Waals surface area contributed by atoms with E-state index in [1.165, 1.54) is 11.3 Å². The molecule has 3 heteroatoms. The average molecular weight is 260 g/mol. The Morgan fingerprint density at radius 3 is 2.11 bits per heavy atom. The first-order chi connectivity index (χ1) is 9.02. The van der Waals surface area contributed by atoms with E-state index in [2.05, 4.69) is 49.9 Å². The minimum Gasteiger partial charge on any atom is -0.367 e. The van der Waals surface area contributed by atoms with E-state index in [9.17, 15) is 4.79 Å². The van der Waals surface area contributed by atoms with Crippen molar-refractivity contribution in [3.05, 3.63) is 29.8 Å². The van der Waals surface area contributed by atoms with Gasteiger partial charge in [-0.05, 0) is 38.0 Å². The van der Waals surface area contributed by atoms with E-state index in [1.54, 1.807) is 6.92 Å². The summed E-state index contributed by atoms with van der Waals surface area (Å²) in [5, 5.41) is 0. The van der Waals surface area contributed by atoms with Gasteiger partial charge in [-0.2, -0.15) is 0 Å². The van der Waals surface area contributed by atoms with E-state index in [0.717, 1.165) is 19.5 Å². The Morgan fingerprint density at radius 1 is 1.16 bits per heavy atom. The number of carbonyl (C=O) groups is 1. The summed E-state index contributed by atoms with van der Waals surface area (Å²) in [7, 11) is 0. The molecule has 1 aromatic carbocycles. The summed E-state index contributed by atoms with van der Waals surface area (Å²) in [6, 6.07) is 9.33. The van der Waals surface area contributed by atoms with Gasteiger partial charge in [0.05, 0.1) is 0 Å². The minimum absolute atomic E-state index is 0.181. The van der Waals surface area contributed by atoms with Crippen molar-refractivity contribution < 1.29 is 4.79 Å². The quantitative estimate of drug-likeness (QED) is 0.816. The van der Waals surface area contributed by atoms with Gasteiger partial charge < -0.3 is 9.80 Å². The highest BCUT2D eigenvalue weighted by Gasteiger charge is 2.30. The fourth-order valence-electron chi connectivity index (χ4n) is 3.10. The van der Waals surface area contributed by atoms with Gasteiger partial charge in [0.25, 0.3) is 0 Å². The van der Waals surface area contributed by atoms with Gasteiger partial charge in [0.2, 0.25) is 5.91 Å². The number of hydrogen-bond acceptors (Lipinski definition) is 2. The Labute approximate surface area is 116 Å². The number of aryl methyl sites for hydroxylation is 1. The molecule has 1 fully saturated rings. The zero-order valence-electron chi connectivity index (χ0n) is 12.4. The van der Waals surface area contributed by atoms with E-state index in [0.29, 0.717) is 0 Å². The summed E-state index contributed by atoms with van der Waals surface area (Å²) in [5.74, 6) is 0.181. The Kier molecular flexibility index (Phi) is 4.13. The maximum atomic E-state index is 11.7. The first kappa shape index (κ1) is 13.9. The van der Waals surface area contributed by atoms with Gasteiger partial charge in [0.15, 0.2) is 0 Å². The SMILES string of the molecule is CCc1ccc(N2C[C@@H](C)N(C(C)=O)[C@@H](C)C2)cc1. The fourth-order valence-corrected chi connectivity index (χ4v) is 3.10. The number of carbonyl (C=O) groups excluding carboxylic acids is 1. The molecule has 2 atom stereocenters. The third kappa shape index (κ3) is 2.91. The smallest absolute Gasteiger partial charge is 0.220 e. The number of anilines is 1. The van der Waals surface area contributed by atoms with Crippen molar-refractivity contribution in [1.82, 2.24) is 4.90 Å². The molecule has 1 heterocycles. The van der Waals surface area contributed by atoms with Crippen LogP contribution in [0.15, 0.2) is 24.3 Å². The highest BCUT2D eigenvalue weighted by atomic mass is 16.2. The van der Waals surface area contributed by atoms with Crippen molar-refractivity contribution in [2.45, 2.75) is 46.2 Å². The molecule has 0 N–H and O–H groups in total. The third-order valence-corrected chi connectivity index (χ3v) is 3.99. The molecule has 0 aromatic heterocycles. The maximum absolute atomic E-state index is 11.7. The number of rotatable bonds is 2. The van der Waals surface area contributed by atoms with Gasteiger partial charge in [0, 0.05) is 37.8 Å². The van der Waals surface area contributed by atoms with Crippen LogP contribution in [0.25, 0.3) is 0 Å². The van der Waals surface area contributed by atoms with Crippen LogP contribution in [0.3, 0.4) is 0 Å². The molecule has 0 bridgehead atoms. The lowest BCUT2D eigenvalue weighted by Crippen LogP contribution is -2.58. The zero-order valence-corrected chi connectivity index (χ0v) is 12.4. The van der Waals surface area contributed by atoms with Gasteiger partial charge in [-0.25, -0.2) is 0 Å². The second-order valence-electron chi connectivity index (χ2n) is 5.55. The summed E-state index contributed by atoms with van der Waals surface area (Å²) >= 11 is 0. The Bertz CT molecular complexity index is 429. The average Bonchev–Trinajstić information content (AvgIpc) is 2.37. The van der Waals surface area contributed by atoms with Gasteiger partial charge >= 0.3 is 0 Å². The molecule has 0 radical (unpaired) electrons. The lowest BCUT2D eigenvalue weighted by Gasteiger charge is -2.45. The van der Waals surface area contributed by atoms with Crippen molar-refractivity contribution in [3.63, 3.8) is 0 Å². The first-order valence-electron chi connectivity index (χ1n) is 7.15. The molecule has 0 aliphatic carbocycles.